The first kappa shape index (κ1) is 7.94. The van der Waals surface area contributed by atoms with E-state index < -0.39 is 0 Å². The van der Waals surface area contributed by atoms with Crippen molar-refractivity contribution in [2.24, 2.45) is 5.84 Å². The zero-order valence-electron chi connectivity index (χ0n) is 6.54. The van der Waals surface area contributed by atoms with Gasteiger partial charge in [0.05, 0.1) is 0 Å². The number of aromatic nitrogens is 2. The quantitative estimate of drug-likeness (QED) is 0.494. The molecule has 1 aromatic heterocycles. The Morgan fingerprint density at radius 2 is 2.36 bits per heavy atom. The molecule has 0 aliphatic carbocycles. The van der Waals surface area contributed by atoms with E-state index in [2.05, 4.69) is 22.3 Å². The molecule has 0 aromatic carbocycles. The molecule has 1 heterocycles. The van der Waals surface area contributed by atoms with Gasteiger partial charge in [-0.3, -0.25) is 0 Å². The normalized spacial score (nSPS) is 9.64. The van der Waals surface area contributed by atoms with Gasteiger partial charge in [-0.15, -0.1) is 0 Å². The molecule has 11 heavy (non-hydrogen) atoms. The number of anilines is 1. The van der Waals surface area contributed by atoms with Crippen LogP contribution in [0, 0.1) is 0 Å². The standard InChI is InChI=1S/C7H12N4/c1-2-3-6-4-7(11-8)10-5-9-6/h4-5H,2-3,8H2,1H3,(H,9,10,11). The fraction of sp³-hybridized carbons (Fsp3) is 0.429. The molecule has 0 aliphatic heterocycles. The minimum absolute atomic E-state index is 0.670. The van der Waals surface area contributed by atoms with E-state index in [1.807, 2.05) is 6.07 Å². The third-order valence-corrected chi connectivity index (χ3v) is 1.38. The highest BCUT2D eigenvalue weighted by Gasteiger charge is 1.94. The van der Waals surface area contributed by atoms with Gasteiger partial charge in [-0.2, -0.15) is 0 Å². The molecule has 1 aromatic rings. The van der Waals surface area contributed by atoms with Gasteiger partial charge in [0, 0.05) is 11.8 Å². The summed E-state index contributed by atoms with van der Waals surface area (Å²) in [5.41, 5.74) is 3.50. The number of nitrogens with zero attached hydrogens (tertiary/aromatic N) is 2. The molecule has 0 radical (unpaired) electrons. The lowest BCUT2D eigenvalue weighted by molar-refractivity contribution is 0.872. The number of nitrogens with two attached hydrogens (primary N) is 1. The summed E-state index contributed by atoms with van der Waals surface area (Å²) in [7, 11) is 0. The maximum atomic E-state index is 5.17. The number of hydrogen-bond donors (Lipinski definition) is 2. The molecule has 0 aliphatic rings. The summed E-state index contributed by atoms with van der Waals surface area (Å²) in [4.78, 5) is 7.96. The molecular weight excluding hydrogens is 140 g/mol. The minimum Gasteiger partial charge on any atom is -0.308 e. The SMILES string of the molecule is CCCc1cc(NN)ncn1. The molecule has 0 bridgehead atoms. The van der Waals surface area contributed by atoms with Crippen molar-refractivity contribution < 1.29 is 0 Å². The summed E-state index contributed by atoms with van der Waals surface area (Å²) in [6.07, 6.45) is 3.57. The lowest BCUT2D eigenvalue weighted by atomic mass is 10.2. The second kappa shape index (κ2) is 3.88. The molecule has 4 heteroatoms. The van der Waals surface area contributed by atoms with E-state index in [4.69, 9.17) is 5.84 Å². The van der Waals surface area contributed by atoms with Gasteiger partial charge in [0.25, 0.3) is 0 Å². The van der Waals surface area contributed by atoms with Crippen LogP contribution in [0.25, 0.3) is 0 Å². The zero-order valence-corrected chi connectivity index (χ0v) is 6.54. The largest absolute Gasteiger partial charge is 0.308 e. The minimum atomic E-state index is 0.670. The molecule has 0 amide bonds. The molecule has 0 spiro atoms. The Labute approximate surface area is 65.8 Å². The van der Waals surface area contributed by atoms with Gasteiger partial charge >= 0.3 is 0 Å². The van der Waals surface area contributed by atoms with Gasteiger partial charge < -0.3 is 5.43 Å². The van der Waals surface area contributed by atoms with Crippen molar-refractivity contribution in [1.82, 2.24) is 9.97 Å². The van der Waals surface area contributed by atoms with Crippen LogP contribution in [0.4, 0.5) is 5.82 Å². The van der Waals surface area contributed by atoms with Crippen LogP contribution in [0.5, 0.6) is 0 Å². The number of rotatable bonds is 3. The van der Waals surface area contributed by atoms with E-state index in [1.54, 1.807) is 0 Å². The van der Waals surface area contributed by atoms with Crippen LogP contribution in [0.15, 0.2) is 12.4 Å². The second-order valence-corrected chi connectivity index (χ2v) is 2.29. The summed E-state index contributed by atoms with van der Waals surface area (Å²) in [5.74, 6) is 5.84. The van der Waals surface area contributed by atoms with Crippen LogP contribution in [0.3, 0.4) is 0 Å². The van der Waals surface area contributed by atoms with E-state index in [9.17, 15) is 0 Å². The molecule has 60 valence electrons. The Bertz CT molecular complexity index is 223. The zero-order chi connectivity index (χ0) is 8.10. The topological polar surface area (TPSA) is 63.8 Å². The molecule has 4 nitrogen and oxygen atoms in total. The maximum Gasteiger partial charge on any atom is 0.143 e. The van der Waals surface area contributed by atoms with E-state index in [1.165, 1.54) is 6.33 Å². The maximum absolute atomic E-state index is 5.17. The molecular formula is C7H12N4. The van der Waals surface area contributed by atoms with Gasteiger partial charge in [-0.25, -0.2) is 15.8 Å². The second-order valence-electron chi connectivity index (χ2n) is 2.29. The van der Waals surface area contributed by atoms with Crippen molar-refractivity contribution >= 4 is 5.82 Å². The number of hydrogen-bond acceptors (Lipinski definition) is 4. The van der Waals surface area contributed by atoms with Gasteiger partial charge in [-0.1, -0.05) is 13.3 Å². The Hall–Kier alpha value is -1.16. The molecule has 0 unspecified atom stereocenters. The Morgan fingerprint density at radius 1 is 1.55 bits per heavy atom. The van der Waals surface area contributed by atoms with Crippen LogP contribution >= 0.6 is 0 Å². The smallest absolute Gasteiger partial charge is 0.143 e. The van der Waals surface area contributed by atoms with E-state index in [-0.39, 0.29) is 0 Å². The van der Waals surface area contributed by atoms with Gasteiger partial charge in [0.1, 0.15) is 12.1 Å². The Morgan fingerprint density at radius 3 is 3.00 bits per heavy atom. The molecule has 0 atom stereocenters. The highest BCUT2D eigenvalue weighted by atomic mass is 15.2. The first-order valence-electron chi connectivity index (χ1n) is 3.64. The van der Waals surface area contributed by atoms with Crippen molar-refractivity contribution in [2.45, 2.75) is 19.8 Å². The average Bonchev–Trinajstić information content (AvgIpc) is 2.06. The van der Waals surface area contributed by atoms with E-state index >= 15 is 0 Å². The summed E-state index contributed by atoms with van der Waals surface area (Å²) < 4.78 is 0. The van der Waals surface area contributed by atoms with Crippen molar-refractivity contribution in [1.29, 1.82) is 0 Å². The third kappa shape index (κ3) is 2.16. The summed E-state index contributed by atoms with van der Waals surface area (Å²) in [5, 5.41) is 0. The lowest BCUT2D eigenvalue weighted by Gasteiger charge is -2.00. The Balaban J connectivity index is 2.74. The van der Waals surface area contributed by atoms with Crippen LogP contribution in [-0.2, 0) is 6.42 Å². The summed E-state index contributed by atoms with van der Waals surface area (Å²) >= 11 is 0. The van der Waals surface area contributed by atoms with E-state index in [0.717, 1.165) is 18.5 Å². The van der Waals surface area contributed by atoms with Gasteiger partial charge in [-0.05, 0) is 6.42 Å². The van der Waals surface area contributed by atoms with Crippen molar-refractivity contribution in [3.8, 4) is 0 Å². The first-order valence-corrected chi connectivity index (χ1v) is 3.64. The lowest BCUT2D eigenvalue weighted by Crippen LogP contribution is -2.09. The summed E-state index contributed by atoms with van der Waals surface area (Å²) in [6.45, 7) is 2.11. The van der Waals surface area contributed by atoms with Crippen LogP contribution in [0.1, 0.15) is 19.0 Å². The van der Waals surface area contributed by atoms with Crippen molar-refractivity contribution in [3.05, 3.63) is 18.1 Å². The number of hydrazine groups is 1. The van der Waals surface area contributed by atoms with E-state index in [0.29, 0.717) is 5.82 Å². The van der Waals surface area contributed by atoms with Crippen LogP contribution < -0.4 is 11.3 Å². The molecule has 0 fully saturated rings. The number of aryl methyl sites for hydroxylation is 1. The average molecular weight is 152 g/mol. The molecule has 0 saturated carbocycles. The van der Waals surface area contributed by atoms with Gasteiger partial charge in [0.15, 0.2) is 0 Å². The monoisotopic (exact) mass is 152 g/mol. The molecule has 3 N–H and O–H groups in total. The molecule has 1 rings (SSSR count). The first-order chi connectivity index (χ1) is 5.36. The molecule has 0 saturated heterocycles. The third-order valence-electron chi connectivity index (χ3n) is 1.38. The predicted octanol–water partition coefficient (Wildman–Crippen LogP) is 0.715. The van der Waals surface area contributed by atoms with Crippen LogP contribution in [0.2, 0.25) is 0 Å². The fourth-order valence-corrected chi connectivity index (χ4v) is 0.869. The fourth-order valence-electron chi connectivity index (χ4n) is 0.869. The highest BCUT2D eigenvalue weighted by Crippen LogP contribution is 2.03. The predicted molar refractivity (Wildman–Crippen MR) is 43.8 cm³/mol. The summed E-state index contributed by atoms with van der Waals surface area (Å²) in [6, 6.07) is 1.85. The highest BCUT2D eigenvalue weighted by molar-refractivity contribution is 5.32. The number of nitrogens with one attached hydrogen (secondary N) is 1. The van der Waals surface area contributed by atoms with Gasteiger partial charge in [0.2, 0.25) is 0 Å². The number of nitrogen functional groups attached to an aromatic ring is 1. The van der Waals surface area contributed by atoms with Crippen molar-refractivity contribution in [3.63, 3.8) is 0 Å². The Kier molecular flexibility index (Phi) is 2.80. The van der Waals surface area contributed by atoms with Crippen molar-refractivity contribution in [2.75, 3.05) is 5.43 Å². The van der Waals surface area contributed by atoms with Crippen LogP contribution in [-0.4, -0.2) is 9.97 Å².